The van der Waals surface area contributed by atoms with Crippen LogP contribution in [0.2, 0.25) is 0 Å². The van der Waals surface area contributed by atoms with Crippen molar-refractivity contribution in [2.24, 2.45) is 10.9 Å². The number of rotatable bonds is 3. The van der Waals surface area contributed by atoms with E-state index in [2.05, 4.69) is 17.2 Å². The summed E-state index contributed by atoms with van der Waals surface area (Å²) in [5.74, 6) is 2.64. The van der Waals surface area contributed by atoms with Crippen LogP contribution in [0.1, 0.15) is 38.2 Å². The molecule has 5 heteroatoms. The Bertz CT molecular complexity index is 517. The largest absolute Gasteiger partial charge is 0.481 e. The van der Waals surface area contributed by atoms with Gasteiger partial charge in [-0.25, -0.2) is 4.98 Å². The Morgan fingerprint density at radius 2 is 2.43 bits per heavy atom. The van der Waals surface area contributed by atoms with Crippen LogP contribution < -0.4 is 10.1 Å². The van der Waals surface area contributed by atoms with Crippen LogP contribution in [-0.2, 0) is 6.54 Å². The Labute approximate surface area is 130 Å². The topological polar surface area (TPSA) is 46.5 Å². The molecule has 1 saturated heterocycles. The monoisotopic (exact) mass is 305 g/mol. The van der Waals surface area contributed by atoms with E-state index in [9.17, 15) is 0 Å². The van der Waals surface area contributed by atoms with Gasteiger partial charge in [0.2, 0.25) is 5.88 Å². The van der Waals surface area contributed by atoms with Gasteiger partial charge in [0.25, 0.3) is 0 Å². The predicted molar refractivity (Wildman–Crippen MR) is 87.9 cm³/mol. The van der Waals surface area contributed by atoms with Crippen LogP contribution in [0, 0.1) is 5.92 Å². The van der Waals surface area contributed by atoms with Crippen molar-refractivity contribution in [1.82, 2.24) is 10.3 Å². The molecule has 0 amide bonds. The molecule has 1 spiro atoms. The molecule has 1 aliphatic heterocycles. The summed E-state index contributed by atoms with van der Waals surface area (Å²) in [5.41, 5.74) is 1.42. The zero-order valence-electron chi connectivity index (χ0n) is 12.8. The van der Waals surface area contributed by atoms with Crippen molar-refractivity contribution < 1.29 is 4.74 Å². The van der Waals surface area contributed by atoms with Crippen molar-refractivity contribution in [3.63, 3.8) is 0 Å². The second kappa shape index (κ2) is 6.26. The molecule has 1 N–H and O–H groups in total. The molecule has 0 radical (unpaired) electrons. The summed E-state index contributed by atoms with van der Waals surface area (Å²) >= 11 is 1.87. The fourth-order valence-corrected chi connectivity index (χ4v) is 4.48. The second-order valence-corrected chi connectivity index (χ2v) is 7.19. The smallest absolute Gasteiger partial charge is 0.212 e. The molecule has 1 aliphatic carbocycles. The number of aromatic nitrogens is 1. The van der Waals surface area contributed by atoms with Crippen LogP contribution in [0.25, 0.3) is 0 Å². The van der Waals surface area contributed by atoms with Gasteiger partial charge in [0.05, 0.1) is 13.7 Å². The zero-order valence-corrected chi connectivity index (χ0v) is 13.6. The van der Waals surface area contributed by atoms with Gasteiger partial charge in [0, 0.05) is 23.6 Å². The van der Waals surface area contributed by atoms with Gasteiger partial charge >= 0.3 is 0 Å². The van der Waals surface area contributed by atoms with E-state index >= 15 is 0 Å². The fraction of sp³-hybridized carbons (Fsp3) is 0.625. The molecule has 4 nitrogen and oxygen atoms in total. The molecule has 2 atom stereocenters. The standard InChI is InChI=1S/C16H23N3OS/c1-12-4-3-7-16(8-12)11-21-15(19-16)18-10-13-5-6-14(20-2)17-9-13/h5-6,9,12H,3-4,7-8,10-11H2,1-2H3,(H,18,19). The molecule has 3 rings (SSSR count). The highest BCUT2D eigenvalue weighted by Crippen LogP contribution is 2.38. The van der Waals surface area contributed by atoms with E-state index in [1.54, 1.807) is 7.11 Å². The van der Waals surface area contributed by atoms with Gasteiger partial charge in [0.15, 0.2) is 5.17 Å². The number of methoxy groups -OCH3 is 1. The van der Waals surface area contributed by atoms with Crippen LogP contribution in [0.15, 0.2) is 23.3 Å². The minimum atomic E-state index is 0.305. The maximum absolute atomic E-state index is 5.07. The third kappa shape index (κ3) is 3.51. The Morgan fingerprint density at radius 3 is 3.14 bits per heavy atom. The molecule has 2 unspecified atom stereocenters. The fourth-order valence-electron chi connectivity index (χ4n) is 3.28. The number of hydrogen-bond acceptors (Lipinski definition) is 4. The first-order valence-electron chi connectivity index (χ1n) is 7.63. The summed E-state index contributed by atoms with van der Waals surface area (Å²) in [5, 5.41) is 4.79. The highest BCUT2D eigenvalue weighted by Gasteiger charge is 2.40. The van der Waals surface area contributed by atoms with Gasteiger partial charge in [-0.2, -0.15) is 0 Å². The van der Waals surface area contributed by atoms with E-state index in [0.29, 0.717) is 18.0 Å². The van der Waals surface area contributed by atoms with Crippen LogP contribution >= 0.6 is 11.8 Å². The first kappa shape index (κ1) is 14.7. The molecular weight excluding hydrogens is 282 g/mol. The SMILES string of the molecule is COc1ccc(CN=C2NC3(CCCC(C)C3)CS2)cn1. The molecule has 21 heavy (non-hydrogen) atoms. The van der Waals surface area contributed by atoms with Gasteiger partial charge in [-0.15, -0.1) is 0 Å². The van der Waals surface area contributed by atoms with Crippen molar-refractivity contribution in [3.05, 3.63) is 23.9 Å². The van der Waals surface area contributed by atoms with Crippen LogP contribution in [0.4, 0.5) is 0 Å². The summed E-state index contributed by atoms with van der Waals surface area (Å²) in [6, 6.07) is 3.91. The molecule has 1 saturated carbocycles. The maximum atomic E-state index is 5.07. The van der Waals surface area contributed by atoms with Crippen molar-refractivity contribution in [2.75, 3.05) is 12.9 Å². The molecule has 2 aliphatic rings. The molecule has 1 aromatic rings. The summed E-state index contributed by atoms with van der Waals surface area (Å²) in [7, 11) is 1.63. The number of nitrogens with one attached hydrogen (secondary N) is 1. The van der Waals surface area contributed by atoms with Crippen molar-refractivity contribution in [3.8, 4) is 5.88 Å². The third-order valence-corrected chi connectivity index (χ3v) is 5.56. The van der Waals surface area contributed by atoms with Gasteiger partial charge in [-0.3, -0.25) is 4.99 Å². The third-order valence-electron chi connectivity index (χ3n) is 4.36. The van der Waals surface area contributed by atoms with Gasteiger partial charge in [-0.1, -0.05) is 37.6 Å². The van der Waals surface area contributed by atoms with E-state index in [-0.39, 0.29) is 0 Å². The minimum Gasteiger partial charge on any atom is -0.481 e. The van der Waals surface area contributed by atoms with Crippen LogP contribution in [-0.4, -0.2) is 28.6 Å². The second-order valence-electron chi connectivity index (χ2n) is 6.23. The van der Waals surface area contributed by atoms with E-state index < -0.39 is 0 Å². The lowest BCUT2D eigenvalue weighted by Crippen LogP contribution is -2.47. The number of amidine groups is 1. The Balaban J connectivity index is 1.60. The average Bonchev–Trinajstić information content (AvgIpc) is 2.88. The molecule has 0 aromatic carbocycles. The summed E-state index contributed by atoms with van der Waals surface area (Å²) in [4.78, 5) is 8.93. The average molecular weight is 305 g/mol. The van der Waals surface area contributed by atoms with E-state index in [4.69, 9.17) is 9.73 Å². The minimum absolute atomic E-state index is 0.305. The van der Waals surface area contributed by atoms with E-state index in [1.165, 1.54) is 25.7 Å². The molecule has 114 valence electrons. The van der Waals surface area contributed by atoms with Crippen LogP contribution in [0.3, 0.4) is 0 Å². The van der Waals surface area contributed by atoms with Gasteiger partial charge in [-0.05, 0) is 24.3 Å². The van der Waals surface area contributed by atoms with E-state index in [1.807, 2.05) is 30.1 Å². The number of pyridine rings is 1. The number of aliphatic imine (C=N–C) groups is 1. The summed E-state index contributed by atoms with van der Waals surface area (Å²) in [6.45, 7) is 3.05. The number of nitrogens with zero attached hydrogens (tertiary/aromatic N) is 2. The van der Waals surface area contributed by atoms with Crippen molar-refractivity contribution in [2.45, 2.75) is 44.7 Å². The first-order valence-corrected chi connectivity index (χ1v) is 8.62. The van der Waals surface area contributed by atoms with E-state index in [0.717, 1.165) is 22.4 Å². The Hall–Kier alpha value is -1.23. The lowest BCUT2D eigenvalue weighted by molar-refractivity contribution is 0.242. The molecule has 1 aromatic heterocycles. The Morgan fingerprint density at radius 1 is 1.52 bits per heavy atom. The van der Waals surface area contributed by atoms with Crippen molar-refractivity contribution >= 4 is 16.9 Å². The van der Waals surface area contributed by atoms with Crippen LogP contribution in [0.5, 0.6) is 5.88 Å². The number of ether oxygens (including phenoxy) is 1. The summed E-state index contributed by atoms with van der Waals surface area (Å²) in [6.07, 6.45) is 7.11. The predicted octanol–water partition coefficient (Wildman–Crippen LogP) is 3.23. The highest BCUT2D eigenvalue weighted by molar-refractivity contribution is 8.14. The molecule has 2 fully saturated rings. The molecule has 2 heterocycles. The number of hydrogen-bond donors (Lipinski definition) is 1. The van der Waals surface area contributed by atoms with Gasteiger partial charge in [0.1, 0.15) is 0 Å². The molecule has 0 bridgehead atoms. The highest BCUT2D eigenvalue weighted by atomic mass is 32.2. The van der Waals surface area contributed by atoms with Gasteiger partial charge < -0.3 is 10.1 Å². The molecular formula is C16H23N3OS. The first-order chi connectivity index (χ1) is 10.2. The quantitative estimate of drug-likeness (QED) is 0.931. The Kier molecular flexibility index (Phi) is 4.38. The normalized spacial score (nSPS) is 30.6. The summed E-state index contributed by atoms with van der Waals surface area (Å²) < 4.78 is 5.07. The zero-order chi connectivity index (χ0) is 14.7. The maximum Gasteiger partial charge on any atom is 0.212 e. The lowest BCUT2D eigenvalue weighted by atomic mass is 9.78. The number of thioether (sulfide) groups is 1. The van der Waals surface area contributed by atoms with Crippen molar-refractivity contribution in [1.29, 1.82) is 0 Å². The lowest BCUT2D eigenvalue weighted by Gasteiger charge is -2.36.